The summed E-state index contributed by atoms with van der Waals surface area (Å²) >= 11 is 0. The summed E-state index contributed by atoms with van der Waals surface area (Å²) in [5.41, 5.74) is 0.283. The van der Waals surface area contributed by atoms with Crippen LogP contribution in [0, 0.1) is 0 Å². The van der Waals surface area contributed by atoms with Gasteiger partial charge in [-0.05, 0) is 36.4 Å². The summed E-state index contributed by atoms with van der Waals surface area (Å²) in [5, 5.41) is 2.59. The molecular formula is C15H17N3O4S. The second-order valence-corrected chi connectivity index (χ2v) is 6.31. The van der Waals surface area contributed by atoms with E-state index in [4.69, 9.17) is 4.74 Å². The van der Waals surface area contributed by atoms with Gasteiger partial charge in [-0.25, -0.2) is 13.1 Å². The highest BCUT2D eigenvalue weighted by molar-refractivity contribution is 7.89. The molecule has 122 valence electrons. The van der Waals surface area contributed by atoms with Crippen LogP contribution in [0.1, 0.15) is 10.5 Å². The van der Waals surface area contributed by atoms with Crippen LogP contribution in [0.4, 0.5) is 0 Å². The fourth-order valence-electron chi connectivity index (χ4n) is 1.79. The molecule has 0 saturated heterocycles. The summed E-state index contributed by atoms with van der Waals surface area (Å²) < 4.78 is 31.5. The van der Waals surface area contributed by atoms with Crippen LogP contribution in [0.3, 0.4) is 0 Å². The molecule has 0 aliphatic heterocycles. The first-order valence-electron chi connectivity index (χ1n) is 6.86. The molecule has 7 nitrogen and oxygen atoms in total. The van der Waals surface area contributed by atoms with Gasteiger partial charge in [-0.1, -0.05) is 6.07 Å². The fourth-order valence-corrected chi connectivity index (χ4v) is 2.82. The van der Waals surface area contributed by atoms with Gasteiger partial charge >= 0.3 is 0 Å². The first-order valence-corrected chi connectivity index (χ1v) is 8.34. The van der Waals surface area contributed by atoms with Gasteiger partial charge in [-0.3, -0.25) is 9.78 Å². The van der Waals surface area contributed by atoms with Crippen LogP contribution in [-0.4, -0.2) is 39.5 Å². The minimum atomic E-state index is -3.62. The van der Waals surface area contributed by atoms with Crippen molar-refractivity contribution < 1.29 is 17.9 Å². The van der Waals surface area contributed by atoms with Gasteiger partial charge in [0.05, 0.1) is 12.0 Å². The molecule has 0 saturated carbocycles. The number of methoxy groups -OCH3 is 1. The van der Waals surface area contributed by atoms with E-state index in [0.717, 1.165) is 0 Å². The van der Waals surface area contributed by atoms with E-state index in [1.807, 2.05) is 0 Å². The molecular weight excluding hydrogens is 318 g/mol. The number of nitrogens with zero attached hydrogens (tertiary/aromatic N) is 1. The lowest BCUT2D eigenvalue weighted by Gasteiger charge is -2.08. The third kappa shape index (κ3) is 4.76. The van der Waals surface area contributed by atoms with E-state index in [2.05, 4.69) is 15.0 Å². The highest BCUT2D eigenvalue weighted by Crippen LogP contribution is 2.14. The van der Waals surface area contributed by atoms with Crippen LogP contribution in [0.25, 0.3) is 0 Å². The Morgan fingerprint density at radius 2 is 1.87 bits per heavy atom. The third-order valence-corrected chi connectivity index (χ3v) is 4.45. The second-order valence-electron chi connectivity index (χ2n) is 4.54. The summed E-state index contributed by atoms with van der Waals surface area (Å²) in [6.45, 7) is 0.234. The summed E-state index contributed by atoms with van der Waals surface area (Å²) in [6, 6.07) is 11.0. The van der Waals surface area contributed by atoms with Crippen LogP contribution >= 0.6 is 0 Å². The number of carbonyl (C=O) groups excluding carboxylic acids is 1. The van der Waals surface area contributed by atoms with Crippen molar-refractivity contribution in [3.63, 3.8) is 0 Å². The van der Waals surface area contributed by atoms with E-state index in [0.29, 0.717) is 5.75 Å². The third-order valence-electron chi connectivity index (χ3n) is 2.97. The zero-order chi connectivity index (χ0) is 16.7. The SMILES string of the molecule is COc1ccc(S(=O)(=O)NCCNC(=O)c2ccccn2)cc1. The van der Waals surface area contributed by atoms with Crippen molar-refractivity contribution in [3.8, 4) is 5.75 Å². The molecule has 0 fully saturated rings. The van der Waals surface area contributed by atoms with Crippen LogP contribution in [-0.2, 0) is 10.0 Å². The van der Waals surface area contributed by atoms with E-state index in [-0.39, 0.29) is 29.6 Å². The number of rotatable bonds is 7. The minimum absolute atomic E-state index is 0.0763. The predicted molar refractivity (Wildman–Crippen MR) is 84.8 cm³/mol. The van der Waals surface area contributed by atoms with Crippen molar-refractivity contribution in [2.75, 3.05) is 20.2 Å². The number of hydrogen-bond donors (Lipinski definition) is 2. The minimum Gasteiger partial charge on any atom is -0.497 e. The van der Waals surface area contributed by atoms with Crippen molar-refractivity contribution >= 4 is 15.9 Å². The number of pyridine rings is 1. The van der Waals surface area contributed by atoms with Gasteiger partial charge in [-0.15, -0.1) is 0 Å². The molecule has 0 unspecified atom stereocenters. The summed E-state index contributed by atoms with van der Waals surface area (Å²) in [6.07, 6.45) is 1.52. The Morgan fingerprint density at radius 1 is 1.13 bits per heavy atom. The zero-order valence-electron chi connectivity index (χ0n) is 12.5. The molecule has 1 aromatic heterocycles. The molecule has 8 heteroatoms. The van der Waals surface area contributed by atoms with Gasteiger partial charge in [0.1, 0.15) is 11.4 Å². The molecule has 0 spiro atoms. The Kier molecular flexibility index (Phi) is 5.67. The molecule has 0 radical (unpaired) electrons. The fraction of sp³-hybridized carbons (Fsp3) is 0.200. The number of hydrogen-bond acceptors (Lipinski definition) is 5. The molecule has 2 aromatic rings. The normalized spacial score (nSPS) is 11.0. The molecule has 2 N–H and O–H groups in total. The van der Waals surface area contributed by atoms with Crippen molar-refractivity contribution in [1.29, 1.82) is 0 Å². The average molecular weight is 335 g/mol. The first kappa shape index (κ1) is 16.9. The average Bonchev–Trinajstić information content (AvgIpc) is 2.59. The Hall–Kier alpha value is -2.45. The van der Waals surface area contributed by atoms with E-state index >= 15 is 0 Å². The Morgan fingerprint density at radius 3 is 2.48 bits per heavy atom. The van der Waals surface area contributed by atoms with E-state index in [1.54, 1.807) is 30.3 Å². The summed E-state index contributed by atoms with van der Waals surface area (Å²) in [4.78, 5) is 15.8. The second kappa shape index (κ2) is 7.70. The molecule has 0 aliphatic rings. The first-order chi connectivity index (χ1) is 11.0. The number of carbonyl (C=O) groups is 1. The number of aromatic nitrogens is 1. The lowest BCUT2D eigenvalue weighted by Crippen LogP contribution is -2.35. The largest absolute Gasteiger partial charge is 0.497 e. The van der Waals surface area contributed by atoms with Gasteiger partial charge < -0.3 is 10.1 Å². The zero-order valence-corrected chi connectivity index (χ0v) is 13.3. The monoisotopic (exact) mass is 335 g/mol. The number of ether oxygens (including phenoxy) is 1. The van der Waals surface area contributed by atoms with Gasteiger partial charge in [0.25, 0.3) is 5.91 Å². The lowest BCUT2D eigenvalue weighted by atomic mass is 10.3. The number of nitrogens with one attached hydrogen (secondary N) is 2. The Bertz CT molecular complexity index is 746. The molecule has 1 heterocycles. The maximum Gasteiger partial charge on any atom is 0.269 e. The molecule has 23 heavy (non-hydrogen) atoms. The standard InChI is InChI=1S/C15H17N3O4S/c1-22-12-5-7-13(8-6-12)23(20,21)18-11-10-17-15(19)14-4-2-3-9-16-14/h2-9,18H,10-11H2,1H3,(H,17,19). The number of sulfonamides is 1. The summed E-state index contributed by atoms with van der Waals surface area (Å²) in [7, 11) is -2.11. The quantitative estimate of drug-likeness (QED) is 0.730. The highest BCUT2D eigenvalue weighted by atomic mass is 32.2. The van der Waals surface area contributed by atoms with Gasteiger partial charge in [0.2, 0.25) is 10.0 Å². The molecule has 0 aliphatic carbocycles. The van der Waals surface area contributed by atoms with Crippen molar-refractivity contribution in [2.45, 2.75) is 4.90 Å². The van der Waals surface area contributed by atoms with Crippen LogP contribution in [0.5, 0.6) is 5.75 Å². The van der Waals surface area contributed by atoms with Crippen molar-refractivity contribution in [1.82, 2.24) is 15.0 Å². The lowest BCUT2D eigenvalue weighted by molar-refractivity contribution is 0.0949. The van der Waals surface area contributed by atoms with Crippen LogP contribution in [0.2, 0.25) is 0 Å². The van der Waals surface area contributed by atoms with E-state index in [9.17, 15) is 13.2 Å². The maximum absolute atomic E-state index is 12.1. The van der Waals surface area contributed by atoms with Crippen LogP contribution < -0.4 is 14.8 Å². The summed E-state index contributed by atoms with van der Waals surface area (Å²) in [5.74, 6) is 0.223. The Labute approximate surface area is 134 Å². The molecule has 0 atom stereocenters. The number of benzene rings is 1. The molecule has 0 bridgehead atoms. The molecule has 1 aromatic carbocycles. The molecule has 2 rings (SSSR count). The van der Waals surface area contributed by atoms with Crippen molar-refractivity contribution in [2.24, 2.45) is 0 Å². The van der Waals surface area contributed by atoms with E-state index in [1.165, 1.54) is 25.4 Å². The van der Waals surface area contributed by atoms with Crippen molar-refractivity contribution in [3.05, 3.63) is 54.4 Å². The van der Waals surface area contributed by atoms with E-state index < -0.39 is 10.0 Å². The smallest absolute Gasteiger partial charge is 0.269 e. The topological polar surface area (TPSA) is 97.4 Å². The number of amides is 1. The van der Waals surface area contributed by atoms with Gasteiger partial charge in [0, 0.05) is 19.3 Å². The van der Waals surface area contributed by atoms with Gasteiger partial charge in [0.15, 0.2) is 0 Å². The highest BCUT2D eigenvalue weighted by Gasteiger charge is 2.13. The maximum atomic E-state index is 12.1. The molecule has 1 amide bonds. The van der Waals surface area contributed by atoms with Crippen LogP contribution in [0.15, 0.2) is 53.6 Å². The Balaban J connectivity index is 1.84. The predicted octanol–water partition coefficient (Wildman–Crippen LogP) is 0.798. The van der Waals surface area contributed by atoms with Gasteiger partial charge in [-0.2, -0.15) is 0 Å².